The summed E-state index contributed by atoms with van der Waals surface area (Å²) in [5.41, 5.74) is 0. The zero-order chi connectivity index (χ0) is 13.3. The van der Waals surface area contributed by atoms with Gasteiger partial charge in [0.25, 0.3) is 0 Å². The van der Waals surface area contributed by atoms with Crippen molar-refractivity contribution in [1.29, 1.82) is 0 Å². The molecule has 0 saturated carbocycles. The highest BCUT2D eigenvalue weighted by Crippen LogP contribution is 2.43. The molecule has 0 aromatic heterocycles. The molecule has 0 aliphatic heterocycles. The predicted octanol–water partition coefficient (Wildman–Crippen LogP) is 0.358. The first-order valence-electron chi connectivity index (χ1n) is 4.72. The summed E-state index contributed by atoms with van der Waals surface area (Å²) in [6.07, 6.45) is -1.47. The van der Waals surface area contributed by atoms with Gasteiger partial charge in [0.1, 0.15) is 13.2 Å². The van der Waals surface area contributed by atoms with Crippen molar-refractivity contribution < 1.29 is 37.5 Å². The number of hydrogen-bond donors (Lipinski definition) is 1. The monoisotopic (exact) mass is 274 g/mol. The third-order valence-electron chi connectivity index (χ3n) is 1.80. The van der Waals surface area contributed by atoms with Crippen LogP contribution in [0.2, 0.25) is 0 Å². The zero-order valence-corrected chi connectivity index (χ0v) is 11.2. The lowest BCUT2D eigenvalue weighted by atomic mass is 10.7. The molecule has 9 heteroatoms. The number of rotatable bonds is 10. The van der Waals surface area contributed by atoms with E-state index in [1.54, 1.807) is 0 Å². The maximum absolute atomic E-state index is 11.4. The van der Waals surface area contributed by atoms with E-state index in [1.165, 1.54) is 28.4 Å². The molecule has 17 heavy (non-hydrogen) atoms. The van der Waals surface area contributed by atoms with Crippen LogP contribution in [0, 0.1) is 0 Å². The minimum atomic E-state index is -4.17. The van der Waals surface area contributed by atoms with Gasteiger partial charge in [0, 0.05) is 28.4 Å². The first-order valence-corrected chi connectivity index (χ1v) is 6.21. The molecule has 0 aliphatic rings. The van der Waals surface area contributed by atoms with Gasteiger partial charge in [-0.1, -0.05) is 0 Å². The van der Waals surface area contributed by atoms with Crippen molar-refractivity contribution in [2.24, 2.45) is 0 Å². The van der Waals surface area contributed by atoms with Crippen LogP contribution in [0.3, 0.4) is 0 Å². The Morgan fingerprint density at radius 1 is 0.882 bits per heavy atom. The summed E-state index contributed by atoms with van der Waals surface area (Å²) in [5, 5.41) is 0. The summed E-state index contributed by atoms with van der Waals surface area (Å²) in [6.45, 7) is -0.461. The van der Waals surface area contributed by atoms with Crippen molar-refractivity contribution in [3.05, 3.63) is 0 Å². The zero-order valence-electron chi connectivity index (χ0n) is 10.3. The van der Waals surface area contributed by atoms with E-state index >= 15 is 0 Å². The number of methoxy groups -OCH3 is 4. The molecule has 0 spiro atoms. The van der Waals surface area contributed by atoms with Gasteiger partial charge in [0.2, 0.25) is 0 Å². The lowest BCUT2D eigenvalue weighted by Crippen LogP contribution is -2.22. The van der Waals surface area contributed by atoms with E-state index < -0.39 is 20.4 Å². The van der Waals surface area contributed by atoms with Gasteiger partial charge >= 0.3 is 7.82 Å². The van der Waals surface area contributed by atoms with Crippen molar-refractivity contribution in [1.82, 2.24) is 0 Å². The number of phosphoric acid groups is 1. The molecule has 0 saturated heterocycles. The average Bonchev–Trinajstić information content (AvgIpc) is 2.31. The van der Waals surface area contributed by atoms with E-state index in [2.05, 4.69) is 9.05 Å². The van der Waals surface area contributed by atoms with E-state index in [0.29, 0.717) is 0 Å². The van der Waals surface area contributed by atoms with Crippen LogP contribution in [-0.2, 0) is 32.6 Å². The number of ether oxygens (including phenoxy) is 4. The molecule has 8 nitrogen and oxygen atoms in total. The molecule has 0 heterocycles. The first kappa shape index (κ1) is 16.9. The standard InChI is InChI=1S/C8H19O8P/c1-11-7(12-2)5-15-17(9,10)16-6-8(13-3)14-4/h7-8H,5-6H2,1-4H3,(H,9,10). The Labute approximate surface area is 100 Å². The van der Waals surface area contributed by atoms with Gasteiger partial charge in [-0.05, 0) is 0 Å². The largest absolute Gasteiger partial charge is 0.472 e. The number of phosphoric ester groups is 1. The van der Waals surface area contributed by atoms with Gasteiger partial charge in [-0.2, -0.15) is 0 Å². The third-order valence-corrected chi connectivity index (χ3v) is 2.75. The normalized spacial score (nSPS) is 12.6. The lowest BCUT2D eigenvalue weighted by molar-refractivity contribution is -0.136. The maximum Gasteiger partial charge on any atom is 0.472 e. The summed E-state index contributed by atoms with van der Waals surface area (Å²) >= 11 is 0. The molecule has 0 radical (unpaired) electrons. The van der Waals surface area contributed by atoms with Crippen LogP contribution in [-0.4, -0.2) is 59.1 Å². The molecule has 1 N–H and O–H groups in total. The Bertz CT molecular complexity index is 208. The molecule has 0 aliphatic carbocycles. The predicted molar refractivity (Wildman–Crippen MR) is 57.3 cm³/mol. The van der Waals surface area contributed by atoms with Gasteiger partial charge in [0.05, 0.1) is 0 Å². The van der Waals surface area contributed by atoms with E-state index in [0.717, 1.165) is 0 Å². The molecular weight excluding hydrogens is 255 g/mol. The molecule has 0 atom stereocenters. The van der Waals surface area contributed by atoms with E-state index in [9.17, 15) is 9.46 Å². The fraction of sp³-hybridized carbons (Fsp3) is 1.00. The third kappa shape index (κ3) is 7.80. The van der Waals surface area contributed by atoms with E-state index in [4.69, 9.17) is 18.9 Å². The highest BCUT2D eigenvalue weighted by atomic mass is 31.2. The summed E-state index contributed by atoms with van der Waals surface area (Å²) in [4.78, 5) is 9.28. The minimum absolute atomic E-state index is 0.231. The van der Waals surface area contributed by atoms with Crippen LogP contribution in [0.25, 0.3) is 0 Å². The second-order valence-electron chi connectivity index (χ2n) is 2.86. The smallest absolute Gasteiger partial charge is 0.354 e. The van der Waals surface area contributed by atoms with Crippen molar-refractivity contribution in [3.8, 4) is 0 Å². The maximum atomic E-state index is 11.4. The van der Waals surface area contributed by atoms with Gasteiger partial charge in [-0.15, -0.1) is 0 Å². The molecule has 0 rings (SSSR count). The van der Waals surface area contributed by atoms with Crippen LogP contribution in [0.15, 0.2) is 0 Å². The average molecular weight is 274 g/mol. The van der Waals surface area contributed by atoms with Crippen LogP contribution >= 0.6 is 7.82 Å². The van der Waals surface area contributed by atoms with Crippen LogP contribution < -0.4 is 0 Å². The Morgan fingerprint density at radius 2 is 1.18 bits per heavy atom. The van der Waals surface area contributed by atoms with Crippen LogP contribution in [0.5, 0.6) is 0 Å². The Morgan fingerprint density at radius 3 is 1.41 bits per heavy atom. The fourth-order valence-electron chi connectivity index (χ4n) is 0.812. The fourth-order valence-corrected chi connectivity index (χ4v) is 1.51. The SMILES string of the molecule is COC(COP(=O)(O)OCC(OC)OC)OC. The summed E-state index contributed by atoms with van der Waals surface area (Å²) in [5.74, 6) is 0. The van der Waals surface area contributed by atoms with Crippen molar-refractivity contribution in [3.63, 3.8) is 0 Å². The minimum Gasteiger partial charge on any atom is -0.354 e. The van der Waals surface area contributed by atoms with Crippen LogP contribution in [0.1, 0.15) is 0 Å². The second-order valence-corrected chi connectivity index (χ2v) is 4.32. The second kappa shape index (κ2) is 8.96. The molecular formula is C8H19O8P. The molecule has 0 fully saturated rings. The summed E-state index contributed by atoms with van der Waals surface area (Å²) < 4.78 is 39.8. The Kier molecular flexibility index (Phi) is 8.93. The van der Waals surface area contributed by atoms with Gasteiger partial charge in [-0.3, -0.25) is 9.05 Å². The lowest BCUT2D eigenvalue weighted by Gasteiger charge is -2.18. The van der Waals surface area contributed by atoms with Crippen molar-refractivity contribution in [2.45, 2.75) is 12.6 Å². The molecule has 0 unspecified atom stereocenters. The summed E-state index contributed by atoms with van der Waals surface area (Å²) in [6, 6.07) is 0. The highest BCUT2D eigenvalue weighted by molar-refractivity contribution is 7.47. The number of hydrogen-bond acceptors (Lipinski definition) is 7. The quantitative estimate of drug-likeness (QED) is 0.451. The van der Waals surface area contributed by atoms with Crippen LogP contribution in [0.4, 0.5) is 0 Å². The molecule has 104 valence electrons. The summed E-state index contributed by atoms with van der Waals surface area (Å²) in [7, 11) is 1.35. The van der Waals surface area contributed by atoms with Crippen molar-refractivity contribution in [2.75, 3.05) is 41.7 Å². The molecule has 0 aromatic carbocycles. The van der Waals surface area contributed by atoms with Gasteiger partial charge in [0.15, 0.2) is 12.6 Å². The molecule has 0 aromatic rings. The Hall–Kier alpha value is -0.0500. The van der Waals surface area contributed by atoms with E-state index in [-0.39, 0.29) is 13.2 Å². The Balaban J connectivity index is 3.98. The van der Waals surface area contributed by atoms with E-state index in [1.807, 2.05) is 0 Å². The van der Waals surface area contributed by atoms with Gasteiger partial charge in [-0.25, -0.2) is 4.57 Å². The highest BCUT2D eigenvalue weighted by Gasteiger charge is 2.25. The molecule has 0 amide bonds. The van der Waals surface area contributed by atoms with Gasteiger partial charge < -0.3 is 23.8 Å². The molecule has 0 bridgehead atoms. The topological polar surface area (TPSA) is 92.7 Å². The van der Waals surface area contributed by atoms with Crippen molar-refractivity contribution >= 4 is 7.82 Å². The first-order chi connectivity index (χ1) is 7.99.